The van der Waals surface area contributed by atoms with E-state index in [0.717, 1.165) is 10.5 Å². The first-order chi connectivity index (χ1) is 18.4. The minimum atomic E-state index is -0.476. The Labute approximate surface area is 238 Å². The summed E-state index contributed by atoms with van der Waals surface area (Å²) in [5.74, 6) is -0.997. The third-order valence-corrected chi connectivity index (χ3v) is 7.58. The second-order valence-corrected chi connectivity index (χ2v) is 10.5. The zero-order valence-corrected chi connectivity index (χ0v) is 22.9. The molecule has 0 unspecified atom stereocenters. The van der Waals surface area contributed by atoms with Crippen LogP contribution in [-0.2, 0) is 9.59 Å². The molecular formula is C28H21Cl2N3O3S2. The van der Waals surface area contributed by atoms with Crippen molar-refractivity contribution in [2.24, 2.45) is 0 Å². The number of hydrogen-bond acceptors (Lipinski definition) is 5. The fourth-order valence-corrected chi connectivity index (χ4v) is 4.98. The van der Waals surface area contributed by atoms with E-state index >= 15 is 0 Å². The molecule has 0 aliphatic rings. The second-order valence-electron chi connectivity index (χ2n) is 7.86. The van der Waals surface area contributed by atoms with Gasteiger partial charge >= 0.3 is 0 Å². The Hall–Kier alpha value is -3.56. The van der Waals surface area contributed by atoms with Crippen molar-refractivity contribution >= 4 is 81.5 Å². The summed E-state index contributed by atoms with van der Waals surface area (Å²) in [5.41, 5.74) is 2.29. The molecule has 0 atom stereocenters. The highest BCUT2D eigenvalue weighted by Gasteiger charge is 2.16. The maximum atomic E-state index is 13.2. The van der Waals surface area contributed by atoms with Crippen molar-refractivity contribution in [3.63, 3.8) is 0 Å². The Kier molecular flexibility index (Phi) is 9.62. The van der Waals surface area contributed by atoms with Crippen LogP contribution in [0.4, 0.5) is 11.4 Å². The van der Waals surface area contributed by atoms with E-state index in [1.807, 2.05) is 29.0 Å². The van der Waals surface area contributed by atoms with E-state index in [2.05, 4.69) is 16.0 Å². The predicted molar refractivity (Wildman–Crippen MR) is 157 cm³/mol. The van der Waals surface area contributed by atoms with Gasteiger partial charge in [-0.05, 0) is 70.9 Å². The van der Waals surface area contributed by atoms with E-state index in [0.29, 0.717) is 22.0 Å². The van der Waals surface area contributed by atoms with Crippen LogP contribution in [0.25, 0.3) is 6.08 Å². The molecular weight excluding hydrogens is 561 g/mol. The molecule has 0 aliphatic heterocycles. The van der Waals surface area contributed by atoms with E-state index in [1.165, 1.54) is 23.1 Å². The molecule has 38 heavy (non-hydrogen) atoms. The van der Waals surface area contributed by atoms with Crippen LogP contribution in [0.2, 0.25) is 10.0 Å². The number of thiophene rings is 1. The lowest BCUT2D eigenvalue weighted by molar-refractivity contribution is -0.114. The summed E-state index contributed by atoms with van der Waals surface area (Å²) in [6.07, 6.45) is 1.62. The van der Waals surface area contributed by atoms with E-state index in [9.17, 15) is 14.4 Å². The Morgan fingerprint density at radius 2 is 1.68 bits per heavy atom. The summed E-state index contributed by atoms with van der Waals surface area (Å²) < 4.78 is 0. The average molecular weight is 583 g/mol. The molecule has 3 aromatic carbocycles. The number of benzene rings is 3. The van der Waals surface area contributed by atoms with Crippen LogP contribution in [0, 0.1) is 0 Å². The van der Waals surface area contributed by atoms with Crippen LogP contribution >= 0.6 is 46.3 Å². The highest BCUT2D eigenvalue weighted by atomic mass is 35.5. The summed E-state index contributed by atoms with van der Waals surface area (Å²) in [6, 6.07) is 22.6. The largest absolute Gasteiger partial charge is 0.324 e. The summed E-state index contributed by atoms with van der Waals surface area (Å²) in [7, 11) is 0. The number of thioether (sulfide) groups is 1. The predicted octanol–water partition coefficient (Wildman–Crippen LogP) is 7.20. The summed E-state index contributed by atoms with van der Waals surface area (Å²) in [4.78, 5) is 39.1. The van der Waals surface area contributed by atoms with Crippen molar-refractivity contribution in [1.82, 2.24) is 5.32 Å². The third-order valence-electron chi connectivity index (χ3n) is 5.07. The number of anilines is 2. The molecule has 0 fully saturated rings. The van der Waals surface area contributed by atoms with Gasteiger partial charge in [0.25, 0.3) is 11.8 Å². The number of amides is 3. The smallest absolute Gasteiger partial charge is 0.272 e. The van der Waals surface area contributed by atoms with Gasteiger partial charge in [0.2, 0.25) is 5.91 Å². The number of carbonyl (C=O) groups is 3. The zero-order chi connectivity index (χ0) is 26.9. The molecule has 0 bridgehead atoms. The molecule has 3 amide bonds. The number of carbonyl (C=O) groups excluding carboxylic acids is 3. The summed E-state index contributed by atoms with van der Waals surface area (Å²) in [6.45, 7) is 0. The van der Waals surface area contributed by atoms with Crippen molar-refractivity contribution in [3.05, 3.63) is 116 Å². The van der Waals surface area contributed by atoms with E-state index < -0.39 is 11.8 Å². The van der Waals surface area contributed by atoms with Crippen molar-refractivity contribution in [3.8, 4) is 0 Å². The Morgan fingerprint density at radius 3 is 2.45 bits per heavy atom. The van der Waals surface area contributed by atoms with Gasteiger partial charge in [0.05, 0.1) is 21.5 Å². The van der Waals surface area contributed by atoms with Gasteiger partial charge in [0.15, 0.2) is 0 Å². The minimum Gasteiger partial charge on any atom is -0.324 e. The van der Waals surface area contributed by atoms with Gasteiger partial charge in [-0.25, -0.2) is 0 Å². The maximum absolute atomic E-state index is 13.2. The van der Waals surface area contributed by atoms with Crippen LogP contribution in [0.5, 0.6) is 0 Å². The van der Waals surface area contributed by atoms with Crippen LogP contribution in [0.15, 0.2) is 100 Å². The standard InChI is InChI=1S/C28H21Cl2N3O3S2/c29-22-10-5-11-23(26(22)30)32-25(34)17-38-21-9-4-8-20(15-21)31-28(36)24(14-18-12-13-37-16-18)33-27(35)19-6-2-1-3-7-19/h1-16H,17H2,(H,31,36)(H,32,34)(H,33,35)/b24-14-. The maximum Gasteiger partial charge on any atom is 0.272 e. The summed E-state index contributed by atoms with van der Waals surface area (Å²) >= 11 is 14.9. The van der Waals surface area contributed by atoms with Crippen molar-refractivity contribution in [2.45, 2.75) is 4.90 Å². The van der Waals surface area contributed by atoms with Crippen LogP contribution < -0.4 is 16.0 Å². The number of hydrogen-bond donors (Lipinski definition) is 3. The molecule has 10 heteroatoms. The first kappa shape index (κ1) is 27.5. The van der Waals surface area contributed by atoms with Crippen molar-refractivity contribution < 1.29 is 14.4 Å². The highest BCUT2D eigenvalue weighted by Crippen LogP contribution is 2.30. The van der Waals surface area contributed by atoms with E-state index in [4.69, 9.17) is 23.2 Å². The zero-order valence-electron chi connectivity index (χ0n) is 19.7. The normalized spacial score (nSPS) is 11.1. The molecule has 0 saturated carbocycles. The van der Waals surface area contributed by atoms with Gasteiger partial charge in [-0.2, -0.15) is 11.3 Å². The minimum absolute atomic E-state index is 0.105. The number of halogens is 2. The molecule has 4 aromatic rings. The monoisotopic (exact) mass is 581 g/mol. The van der Waals surface area contributed by atoms with Gasteiger partial charge in [-0.1, -0.05) is 53.5 Å². The Morgan fingerprint density at radius 1 is 0.895 bits per heavy atom. The average Bonchev–Trinajstić information content (AvgIpc) is 3.44. The lowest BCUT2D eigenvalue weighted by Gasteiger charge is -2.12. The first-order valence-electron chi connectivity index (χ1n) is 11.3. The molecule has 1 heterocycles. The quantitative estimate of drug-likeness (QED) is 0.144. The molecule has 0 radical (unpaired) electrons. The molecule has 0 saturated heterocycles. The van der Waals surface area contributed by atoms with Crippen LogP contribution in [0.3, 0.4) is 0 Å². The Bertz CT molecular complexity index is 1480. The highest BCUT2D eigenvalue weighted by molar-refractivity contribution is 8.00. The lowest BCUT2D eigenvalue weighted by atomic mass is 10.2. The summed E-state index contributed by atoms with van der Waals surface area (Å²) in [5, 5.41) is 12.7. The Balaban J connectivity index is 1.41. The van der Waals surface area contributed by atoms with Crippen LogP contribution in [-0.4, -0.2) is 23.5 Å². The molecule has 1 aromatic heterocycles. The fraction of sp³-hybridized carbons (Fsp3) is 0.0357. The lowest BCUT2D eigenvalue weighted by Crippen LogP contribution is -2.30. The van der Waals surface area contributed by atoms with Gasteiger partial charge in [-0.3, -0.25) is 14.4 Å². The van der Waals surface area contributed by atoms with E-state index in [-0.39, 0.29) is 22.4 Å². The van der Waals surface area contributed by atoms with Gasteiger partial charge < -0.3 is 16.0 Å². The number of rotatable bonds is 9. The van der Waals surface area contributed by atoms with Crippen molar-refractivity contribution in [2.75, 3.05) is 16.4 Å². The molecule has 4 rings (SSSR count). The second kappa shape index (κ2) is 13.3. The molecule has 192 valence electrons. The topological polar surface area (TPSA) is 87.3 Å². The number of nitrogens with one attached hydrogen (secondary N) is 3. The third kappa shape index (κ3) is 7.72. The van der Waals surface area contributed by atoms with Gasteiger partial charge in [-0.15, -0.1) is 11.8 Å². The molecule has 0 aliphatic carbocycles. The van der Waals surface area contributed by atoms with Crippen molar-refractivity contribution in [1.29, 1.82) is 0 Å². The first-order valence-corrected chi connectivity index (χ1v) is 14.0. The molecule has 3 N–H and O–H groups in total. The molecule has 6 nitrogen and oxygen atoms in total. The van der Waals surface area contributed by atoms with Crippen LogP contribution in [0.1, 0.15) is 15.9 Å². The van der Waals surface area contributed by atoms with Gasteiger partial charge in [0.1, 0.15) is 5.70 Å². The van der Waals surface area contributed by atoms with Gasteiger partial charge in [0, 0.05) is 16.1 Å². The van der Waals surface area contributed by atoms with E-state index in [1.54, 1.807) is 66.7 Å². The SMILES string of the molecule is O=C(CSc1cccc(NC(=O)/C(=C/c2ccsc2)NC(=O)c2ccccc2)c1)Nc1cccc(Cl)c1Cl. The fourth-order valence-electron chi connectivity index (χ4n) is 3.26. The molecule has 0 spiro atoms.